The normalized spacial score (nSPS) is 19.7. The number of methoxy groups -OCH3 is 1. The van der Waals surface area contributed by atoms with Crippen molar-refractivity contribution >= 4 is 35.6 Å². The highest BCUT2D eigenvalue weighted by Crippen LogP contribution is 2.20. The molecule has 0 aliphatic carbocycles. The summed E-state index contributed by atoms with van der Waals surface area (Å²) in [5.41, 5.74) is 0. The summed E-state index contributed by atoms with van der Waals surface area (Å²) in [5.74, 6) is -1.22. The Morgan fingerprint density at radius 3 is 2.54 bits per heavy atom. The lowest BCUT2D eigenvalue weighted by molar-refractivity contribution is -0.147. The van der Waals surface area contributed by atoms with Gasteiger partial charge in [0.25, 0.3) is 0 Å². The Balaban J connectivity index is 3.00. The second kappa shape index (κ2) is 11.6. The minimum absolute atomic E-state index is 0.192. The number of urea groups is 1. The molecule has 158 valence electrons. The molecule has 0 bridgehead atoms. The van der Waals surface area contributed by atoms with Gasteiger partial charge in [-0.3, -0.25) is 9.59 Å². The average molecular weight is 415 g/mol. The van der Waals surface area contributed by atoms with E-state index in [0.717, 1.165) is 0 Å². The number of carbonyl (C=O) groups is 4. The van der Waals surface area contributed by atoms with Crippen LogP contribution in [0.3, 0.4) is 0 Å². The van der Waals surface area contributed by atoms with E-state index < -0.39 is 36.0 Å². The van der Waals surface area contributed by atoms with Crippen LogP contribution in [0.5, 0.6) is 0 Å². The molecule has 0 radical (unpaired) electrons. The molecule has 10 heteroatoms. The molecule has 1 aliphatic rings. The lowest BCUT2D eigenvalue weighted by atomic mass is 10.0. The molecule has 1 heterocycles. The second-order valence-electron chi connectivity index (χ2n) is 6.76. The van der Waals surface area contributed by atoms with E-state index in [-0.39, 0.29) is 24.1 Å². The minimum atomic E-state index is -0.903. The highest BCUT2D eigenvalue weighted by molar-refractivity contribution is 7.99. The number of thioether (sulfide) groups is 1. The molecule has 0 aromatic heterocycles. The first-order valence-corrected chi connectivity index (χ1v) is 10.5. The van der Waals surface area contributed by atoms with Gasteiger partial charge in [-0.2, -0.15) is 11.8 Å². The van der Waals surface area contributed by atoms with Gasteiger partial charge in [-0.1, -0.05) is 19.9 Å². The van der Waals surface area contributed by atoms with Gasteiger partial charge in [-0.15, -0.1) is 6.58 Å². The third-order valence-corrected chi connectivity index (χ3v) is 4.93. The number of hydrogen-bond acceptors (Lipinski definition) is 6. The number of nitrogens with one attached hydrogen (secondary N) is 3. The summed E-state index contributed by atoms with van der Waals surface area (Å²) in [6.07, 6.45) is 3.77. The Labute approximate surface area is 170 Å². The summed E-state index contributed by atoms with van der Waals surface area (Å²) >= 11 is 1.36. The molecule has 3 N–H and O–H groups in total. The smallest absolute Gasteiger partial charge is 0.328 e. The van der Waals surface area contributed by atoms with Crippen LogP contribution in [0.4, 0.5) is 4.79 Å². The molecule has 0 saturated carbocycles. The Morgan fingerprint density at radius 1 is 1.32 bits per heavy atom. The van der Waals surface area contributed by atoms with Crippen molar-refractivity contribution < 1.29 is 23.9 Å². The van der Waals surface area contributed by atoms with Crippen molar-refractivity contribution in [3.63, 3.8) is 0 Å². The molecule has 1 saturated heterocycles. The zero-order valence-corrected chi connectivity index (χ0v) is 17.6. The fraction of sp³-hybridized carbons (Fsp3) is 0.667. The summed E-state index contributed by atoms with van der Waals surface area (Å²) in [7, 11) is 1.25. The predicted octanol–water partition coefficient (Wildman–Crippen LogP) is 0.118. The van der Waals surface area contributed by atoms with E-state index in [2.05, 4.69) is 22.5 Å². The van der Waals surface area contributed by atoms with Gasteiger partial charge in [0.15, 0.2) is 0 Å². The van der Waals surface area contributed by atoms with Gasteiger partial charge in [0, 0.05) is 13.1 Å². The molecule has 1 aliphatic heterocycles. The van der Waals surface area contributed by atoms with E-state index in [1.54, 1.807) is 20.1 Å². The first-order valence-electron chi connectivity index (χ1n) is 9.08. The summed E-state index contributed by atoms with van der Waals surface area (Å²) in [6.45, 7) is 7.72. The Hall–Kier alpha value is -2.23. The molecule has 3 atom stereocenters. The highest BCUT2D eigenvalue weighted by Gasteiger charge is 2.43. The number of nitrogens with zero attached hydrogens (tertiary/aromatic N) is 1. The van der Waals surface area contributed by atoms with Gasteiger partial charge in [0.05, 0.1) is 18.9 Å². The van der Waals surface area contributed by atoms with Crippen molar-refractivity contribution in [1.29, 1.82) is 0 Å². The molecule has 9 nitrogen and oxygen atoms in total. The Kier molecular flexibility index (Phi) is 9.84. The maximum absolute atomic E-state index is 13.0. The van der Waals surface area contributed by atoms with Crippen LogP contribution < -0.4 is 16.0 Å². The van der Waals surface area contributed by atoms with E-state index in [1.165, 1.54) is 29.8 Å². The first kappa shape index (κ1) is 23.8. The van der Waals surface area contributed by atoms with Crippen LogP contribution in [0.2, 0.25) is 0 Å². The summed E-state index contributed by atoms with van der Waals surface area (Å²) in [5, 5.41) is 8.02. The number of ether oxygens (including phenoxy) is 1. The maximum atomic E-state index is 13.0. The van der Waals surface area contributed by atoms with E-state index >= 15 is 0 Å². The summed E-state index contributed by atoms with van der Waals surface area (Å²) in [6, 6.07) is -2.76. The third kappa shape index (κ3) is 6.43. The van der Waals surface area contributed by atoms with Gasteiger partial charge in [-0.25, -0.2) is 9.59 Å². The highest BCUT2D eigenvalue weighted by atomic mass is 32.2. The van der Waals surface area contributed by atoms with Crippen LogP contribution >= 0.6 is 11.8 Å². The molecule has 28 heavy (non-hydrogen) atoms. The Morgan fingerprint density at radius 2 is 2.00 bits per heavy atom. The van der Waals surface area contributed by atoms with Crippen molar-refractivity contribution in [2.45, 2.75) is 38.4 Å². The fourth-order valence-electron chi connectivity index (χ4n) is 3.00. The van der Waals surface area contributed by atoms with Crippen molar-refractivity contribution in [1.82, 2.24) is 20.9 Å². The minimum Gasteiger partial charge on any atom is -0.467 e. The number of amides is 4. The van der Waals surface area contributed by atoms with Crippen molar-refractivity contribution in [2.75, 3.05) is 32.2 Å². The molecule has 1 fully saturated rings. The van der Waals surface area contributed by atoms with Gasteiger partial charge >= 0.3 is 12.0 Å². The SMILES string of the molecule is C=CCNC(=O)NC1CCN(C(=O)CSC)C1C(=O)NC(C(=O)OC)C(C)C. The van der Waals surface area contributed by atoms with Crippen molar-refractivity contribution in [2.24, 2.45) is 5.92 Å². The van der Waals surface area contributed by atoms with Crippen LogP contribution in [-0.4, -0.2) is 79.0 Å². The number of carbonyl (C=O) groups excluding carboxylic acids is 4. The van der Waals surface area contributed by atoms with E-state index in [9.17, 15) is 19.2 Å². The van der Waals surface area contributed by atoms with Crippen molar-refractivity contribution in [3.8, 4) is 0 Å². The number of hydrogen-bond donors (Lipinski definition) is 3. The monoisotopic (exact) mass is 414 g/mol. The molecular weight excluding hydrogens is 384 g/mol. The van der Waals surface area contributed by atoms with Gasteiger partial charge in [-0.05, 0) is 18.6 Å². The lowest BCUT2D eigenvalue weighted by Crippen LogP contribution is -2.59. The fourth-order valence-corrected chi connectivity index (χ4v) is 3.41. The zero-order valence-electron chi connectivity index (χ0n) is 16.8. The predicted molar refractivity (Wildman–Crippen MR) is 108 cm³/mol. The summed E-state index contributed by atoms with van der Waals surface area (Å²) < 4.78 is 4.76. The molecular formula is C18H30N4O5S. The first-order chi connectivity index (χ1) is 13.3. The second-order valence-corrected chi connectivity index (χ2v) is 7.62. The molecule has 4 amide bonds. The van der Waals surface area contributed by atoms with Crippen LogP contribution in [0.25, 0.3) is 0 Å². The van der Waals surface area contributed by atoms with Crippen LogP contribution in [0, 0.1) is 5.92 Å². The van der Waals surface area contributed by atoms with Gasteiger partial charge < -0.3 is 25.6 Å². The van der Waals surface area contributed by atoms with Crippen LogP contribution in [0.1, 0.15) is 20.3 Å². The van der Waals surface area contributed by atoms with Gasteiger partial charge in [0.1, 0.15) is 12.1 Å². The van der Waals surface area contributed by atoms with Crippen LogP contribution in [-0.2, 0) is 19.1 Å². The largest absolute Gasteiger partial charge is 0.467 e. The average Bonchev–Trinajstić information content (AvgIpc) is 3.07. The standard InChI is InChI=1S/C18H30N4O5S/c1-6-8-19-18(26)20-12-7-9-22(13(23)10-28-5)15(12)16(24)21-14(11(2)3)17(25)27-4/h6,11-12,14-15H,1,7-10H2,2-5H3,(H,21,24)(H2,19,20,26). The number of rotatable bonds is 9. The molecule has 0 spiro atoms. The third-order valence-electron chi connectivity index (χ3n) is 4.40. The lowest BCUT2D eigenvalue weighted by Gasteiger charge is -2.30. The van der Waals surface area contributed by atoms with Crippen molar-refractivity contribution in [3.05, 3.63) is 12.7 Å². The molecule has 3 unspecified atom stereocenters. The molecule has 0 aromatic carbocycles. The zero-order chi connectivity index (χ0) is 21.3. The van der Waals surface area contributed by atoms with E-state index in [1.807, 2.05) is 0 Å². The maximum Gasteiger partial charge on any atom is 0.328 e. The van der Waals surface area contributed by atoms with E-state index in [0.29, 0.717) is 13.0 Å². The molecule has 0 aromatic rings. The van der Waals surface area contributed by atoms with Gasteiger partial charge in [0.2, 0.25) is 11.8 Å². The topological polar surface area (TPSA) is 117 Å². The Bertz CT molecular complexity index is 599. The number of likely N-dealkylation sites (tertiary alicyclic amines) is 1. The van der Waals surface area contributed by atoms with Crippen LogP contribution in [0.15, 0.2) is 12.7 Å². The number of esters is 1. The van der Waals surface area contributed by atoms with E-state index in [4.69, 9.17) is 4.74 Å². The molecule has 1 rings (SSSR count). The quantitative estimate of drug-likeness (QED) is 0.364. The summed E-state index contributed by atoms with van der Waals surface area (Å²) in [4.78, 5) is 50.9.